The maximum Gasteiger partial charge on any atom is 0.534 e. The maximum absolute atomic E-state index is 12.2. The van der Waals surface area contributed by atoms with Crippen molar-refractivity contribution >= 4 is 10.1 Å². The van der Waals surface area contributed by atoms with Gasteiger partial charge in [-0.1, -0.05) is 6.58 Å². The Morgan fingerprint density at radius 2 is 1.81 bits per heavy atom. The topological polar surface area (TPSA) is 61.8 Å². The van der Waals surface area contributed by atoms with E-state index in [9.17, 15) is 21.6 Å². The van der Waals surface area contributed by atoms with Crippen LogP contribution < -0.4 is 0 Å². The molecule has 1 heterocycles. The summed E-state index contributed by atoms with van der Waals surface area (Å²) in [6.45, 7) is 10.2. The molecule has 1 atom stereocenters. The van der Waals surface area contributed by atoms with Crippen LogP contribution in [0.1, 0.15) is 40.5 Å². The molecule has 0 aromatic rings. The van der Waals surface area contributed by atoms with Gasteiger partial charge >= 0.3 is 15.6 Å². The molecule has 1 aliphatic rings. The summed E-state index contributed by atoms with van der Waals surface area (Å²) >= 11 is 0. The van der Waals surface area contributed by atoms with Crippen LogP contribution in [0.15, 0.2) is 12.3 Å². The Kier molecular flexibility index (Phi) is 4.73. The van der Waals surface area contributed by atoms with Gasteiger partial charge < -0.3 is 13.7 Å². The molecular weight excluding hydrogens is 313 g/mol. The fraction of sp³-hybridized carbons (Fsp3) is 0.833. The highest BCUT2D eigenvalue weighted by Gasteiger charge is 2.49. The third-order valence-electron chi connectivity index (χ3n) is 2.91. The number of halogens is 3. The molecule has 124 valence electrons. The van der Waals surface area contributed by atoms with Crippen molar-refractivity contribution in [2.45, 2.75) is 63.5 Å². The van der Waals surface area contributed by atoms with Crippen LogP contribution in [-0.4, -0.2) is 31.4 Å². The average molecular weight is 332 g/mol. The zero-order chi connectivity index (χ0) is 16.7. The summed E-state index contributed by atoms with van der Waals surface area (Å²) in [5, 5.41) is 0. The fourth-order valence-electron chi connectivity index (χ4n) is 2.15. The predicted octanol–water partition coefficient (Wildman–Crippen LogP) is 3.08. The Morgan fingerprint density at radius 3 is 2.19 bits per heavy atom. The minimum Gasteiger partial charge on any atom is -0.381 e. The van der Waals surface area contributed by atoms with E-state index < -0.39 is 38.9 Å². The lowest BCUT2D eigenvalue weighted by Crippen LogP contribution is -2.33. The second kappa shape index (κ2) is 5.44. The fourth-order valence-corrected chi connectivity index (χ4v) is 2.64. The Morgan fingerprint density at radius 1 is 1.29 bits per heavy atom. The molecule has 21 heavy (non-hydrogen) atoms. The van der Waals surface area contributed by atoms with Gasteiger partial charge in [0.05, 0.1) is 11.7 Å². The number of ether oxygens (including phenoxy) is 2. The van der Waals surface area contributed by atoms with Crippen LogP contribution in [0.25, 0.3) is 0 Å². The molecule has 1 saturated heterocycles. The molecule has 1 fully saturated rings. The van der Waals surface area contributed by atoms with Crippen molar-refractivity contribution < 1.29 is 35.2 Å². The van der Waals surface area contributed by atoms with Crippen molar-refractivity contribution in [3.63, 3.8) is 0 Å². The van der Waals surface area contributed by atoms with Crippen LogP contribution in [0, 0.1) is 0 Å². The minimum atomic E-state index is -5.67. The first kappa shape index (κ1) is 18.2. The largest absolute Gasteiger partial charge is 0.534 e. The van der Waals surface area contributed by atoms with Crippen LogP contribution >= 0.6 is 0 Å². The van der Waals surface area contributed by atoms with Crippen molar-refractivity contribution in [1.82, 2.24) is 0 Å². The normalized spacial score (nSPS) is 24.8. The lowest BCUT2D eigenvalue weighted by Gasteiger charge is -2.24. The van der Waals surface area contributed by atoms with Crippen LogP contribution in [0.5, 0.6) is 0 Å². The SMILES string of the molecule is C=C(CCC1OC(C)(C)OC1(C)C)OS(=O)(=O)C(F)(F)F. The van der Waals surface area contributed by atoms with Crippen LogP contribution in [0.2, 0.25) is 0 Å². The van der Waals surface area contributed by atoms with Crippen molar-refractivity contribution in [1.29, 1.82) is 0 Å². The van der Waals surface area contributed by atoms with Crippen molar-refractivity contribution in [2.24, 2.45) is 0 Å². The molecule has 1 aliphatic heterocycles. The Bertz CT molecular complexity index is 507. The highest BCUT2D eigenvalue weighted by Crippen LogP contribution is 2.38. The summed E-state index contributed by atoms with van der Waals surface area (Å²) in [6, 6.07) is 0. The van der Waals surface area contributed by atoms with Crippen LogP contribution in [0.4, 0.5) is 13.2 Å². The molecule has 0 N–H and O–H groups in total. The van der Waals surface area contributed by atoms with E-state index in [1.54, 1.807) is 27.7 Å². The molecule has 0 spiro atoms. The van der Waals surface area contributed by atoms with Crippen molar-refractivity contribution in [3.05, 3.63) is 12.3 Å². The molecule has 0 aliphatic carbocycles. The smallest absolute Gasteiger partial charge is 0.381 e. The molecular formula is C12H19F3O5S. The molecule has 0 radical (unpaired) electrons. The van der Waals surface area contributed by atoms with Crippen LogP contribution in [0.3, 0.4) is 0 Å². The van der Waals surface area contributed by atoms with Gasteiger partial charge in [-0.2, -0.15) is 21.6 Å². The van der Waals surface area contributed by atoms with Gasteiger partial charge in [0.25, 0.3) is 0 Å². The Hall–Kier alpha value is -0.800. The van der Waals surface area contributed by atoms with E-state index >= 15 is 0 Å². The Balaban J connectivity index is 2.59. The summed E-state index contributed by atoms with van der Waals surface area (Å²) in [4.78, 5) is 0. The molecule has 5 nitrogen and oxygen atoms in total. The van der Waals surface area contributed by atoms with Crippen molar-refractivity contribution in [2.75, 3.05) is 0 Å². The monoisotopic (exact) mass is 332 g/mol. The highest BCUT2D eigenvalue weighted by molar-refractivity contribution is 7.87. The van der Waals surface area contributed by atoms with E-state index in [-0.39, 0.29) is 12.8 Å². The molecule has 0 amide bonds. The van der Waals surface area contributed by atoms with Crippen molar-refractivity contribution in [3.8, 4) is 0 Å². The van der Waals surface area contributed by atoms with E-state index in [0.717, 1.165) is 0 Å². The number of rotatable bonds is 5. The second-order valence-corrected chi connectivity index (χ2v) is 7.31. The summed E-state index contributed by atoms with van der Waals surface area (Å²) in [6.07, 6.45) is -0.285. The molecule has 9 heteroatoms. The van der Waals surface area contributed by atoms with Gasteiger partial charge in [-0.3, -0.25) is 0 Å². The minimum absolute atomic E-state index is 0.0944. The summed E-state index contributed by atoms with van der Waals surface area (Å²) in [5.41, 5.74) is -6.11. The van der Waals surface area contributed by atoms with Gasteiger partial charge in [-0.05, 0) is 34.1 Å². The van der Waals surface area contributed by atoms with Gasteiger partial charge in [0.1, 0.15) is 5.76 Å². The van der Waals surface area contributed by atoms with E-state index in [1.807, 2.05) is 0 Å². The number of hydrogen-bond donors (Lipinski definition) is 0. The summed E-state index contributed by atoms with van der Waals surface area (Å²) in [7, 11) is -5.67. The first-order chi connectivity index (χ1) is 9.16. The van der Waals surface area contributed by atoms with Gasteiger partial charge in [0.2, 0.25) is 0 Å². The van der Waals surface area contributed by atoms with Gasteiger partial charge in [0, 0.05) is 6.42 Å². The summed E-state index contributed by atoms with van der Waals surface area (Å²) < 4.78 is 73.3. The Labute approximate surface area is 122 Å². The molecule has 0 aromatic carbocycles. The third kappa shape index (κ3) is 4.58. The zero-order valence-electron chi connectivity index (χ0n) is 12.3. The van der Waals surface area contributed by atoms with E-state index in [4.69, 9.17) is 9.47 Å². The lowest BCUT2D eigenvalue weighted by molar-refractivity contribution is -0.157. The first-order valence-corrected chi connectivity index (χ1v) is 7.64. The van der Waals surface area contributed by atoms with Gasteiger partial charge in [-0.25, -0.2) is 0 Å². The maximum atomic E-state index is 12.2. The molecule has 0 aromatic heterocycles. The van der Waals surface area contributed by atoms with Gasteiger partial charge in [0.15, 0.2) is 5.79 Å². The van der Waals surface area contributed by atoms with E-state index in [0.29, 0.717) is 0 Å². The molecule has 1 rings (SSSR count). The van der Waals surface area contributed by atoms with Crippen LogP contribution in [-0.2, 0) is 23.8 Å². The van der Waals surface area contributed by atoms with Gasteiger partial charge in [-0.15, -0.1) is 0 Å². The third-order valence-corrected chi connectivity index (χ3v) is 3.93. The number of hydrogen-bond acceptors (Lipinski definition) is 5. The standard InChI is InChI=1S/C12H19F3O5S/c1-8(19-21(16,17)12(13,14)15)6-7-9-10(2,3)20-11(4,5)18-9/h9H,1,6-7H2,2-5H3. The quantitative estimate of drug-likeness (QED) is 0.440. The van der Waals surface area contributed by atoms with E-state index in [2.05, 4.69) is 10.8 Å². The first-order valence-electron chi connectivity index (χ1n) is 6.23. The number of allylic oxidation sites excluding steroid dienone is 1. The predicted molar refractivity (Wildman–Crippen MR) is 68.5 cm³/mol. The highest BCUT2D eigenvalue weighted by atomic mass is 32.2. The summed E-state index contributed by atoms with van der Waals surface area (Å²) in [5.74, 6) is -1.30. The molecule has 1 unspecified atom stereocenters. The lowest BCUT2D eigenvalue weighted by atomic mass is 9.97. The second-order valence-electron chi connectivity index (χ2n) is 5.77. The molecule has 0 saturated carbocycles. The average Bonchev–Trinajstić information content (AvgIpc) is 2.40. The molecule has 0 bridgehead atoms. The zero-order valence-corrected chi connectivity index (χ0v) is 13.1. The number of alkyl halides is 3. The van der Waals surface area contributed by atoms with E-state index in [1.165, 1.54) is 0 Å².